The number of halogens is 3. The lowest BCUT2D eigenvalue weighted by molar-refractivity contribution is -0.384. The number of nitriles is 2. The molecule has 0 atom stereocenters. The summed E-state index contributed by atoms with van der Waals surface area (Å²) in [4.78, 5) is 49.5. The van der Waals surface area contributed by atoms with E-state index in [2.05, 4.69) is 12.1 Å². The zero-order valence-electron chi connectivity index (χ0n) is 32.4. The van der Waals surface area contributed by atoms with Gasteiger partial charge in [-0.15, -0.1) is 0 Å². The van der Waals surface area contributed by atoms with Crippen molar-refractivity contribution in [3.05, 3.63) is 134 Å². The minimum Gasteiger partial charge on any atom is -0.484 e. The third-order valence-corrected chi connectivity index (χ3v) is 11.0. The average Bonchev–Trinajstić information content (AvgIpc) is 3.25. The highest BCUT2D eigenvalue weighted by Crippen LogP contribution is 2.36. The van der Waals surface area contributed by atoms with Crippen molar-refractivity contribution in [1.29, 1.82) is 10.5 Å². The number of nitro benzene ring substituents is 1. The van der Waals surface area contributed by atoms with Gasteiger partial charge in [-0.1, -0.05) is 35.9 Å². The fourth-order valence-corrected chi connectivity index (χ4v) is 7.29. The summed E-state index contributed by atoms with van der Waals surface area (Å²) in [5.74, 6) is -0.256. The van der Waals surface area contributed by atoms with Crippen LogP contribution in [0.15, 0.2) is 84.9 Å². The van der Waals surface area contributed by atoms with E-state index in [1.54, 1.807) is 52.3 Å². The molecule has 2 amide bonds. The highest BCUT2D eigenvalue weighted by molar-refractivity contribution is 6.32. The number of benzene rings is 4. The molecule has 0 aliphatic carbocycles. The molecule has 4 aromatic carbocycles. The predicted molar refractivity (Wildman–Crippen MR) is 214 cm³/mol. The molecule has 59 heavy (non-hydrogen) atoms. The van der Waals surface area contributed by atoms with E-state index in [0.29, 0.717) is 76.0 Å². The first-order chi connectivity index (χ1) is 28.3. The number of hydrogen-bond donors (Lipinski definition) is 0. The van der Waals surface area contributed by atoms with Crippen LogP contribution in [0.5, 0.6) is 11.5 Å². The van der Waals surface area contributed by atoms with Gasteiger partial charge in [0.25, 0.3) is 17.5 Å². The molecule has 0 N–H and O–H groups in total. The molecule has 2 fully saturated rings. The van der Waals surface area contributed by atoms with E-state index in [1.807, 2.05) is 6.92 Å². The van der Waals surface area contributed by atoms with Gasteiger partial charge in [0.1, 0.15) is 34.4 Å². The number of likely N-dealkylation sites (tertiary alicyclic amines) is 2. The van der Waals surface area contributed by atoms with Crippen LogP contribution in [0.1, 0.15) is 52.7 Å². The van der Waals surface area contributed by atoms with E-state index in [0.717, 1.165) is 23.0 Å². The molecule has 0 spiro atoms. The fourth-order valence-electron chi connectivity index (χ4n) is 7.11. The molecule has 2 aliphatic heterocycles. The Labute approximate surface area is 345 Å². The number of carbonyl (C=O) groups is 3. The number of aldehydes is 1. The monoisotopic (exact) mass is 825 g/mol. The summed E-state index contributed by atoms with van der Waals surface area (Å²) in [5.41, 5.74) is 1.72. The van der Waals surface area contributed by atoms with Crippen LogP contribution in [0.3, 0.4) is 0 Å². The van der Waals surface area contributed by atoms with Crippen molar-refractivity contribution >= 4 is 35.4 Å². The van der Waals surface area contributed by atoms with Crippen molar-refractivity contribution in [2.45, 2.75) is 45.4 Å². The molecule has 15 heteroatoms. The Hall–Kier alpha value is -6.38. The Morgan fingerprint density at radius 3 is 1.68 bits per heavy atom. The summed E-state index contributed by atoms with van der Waals surface area (Å²) >= 11 is 5.76. The van der Waals surface area contributed by atoms with Gasteiger partial charge in [-0.3, -0.25) is 24.5 Å². The number of rotatable bonds is 12. The lowest BCUT2D eigenvalue weighted by Gasteiger charge is -2.37. The maximum atomic E-state index is 13.1. The standard InChI is InChI=1S/C23H23FN2O3.C21H19ClFN3O4/c1-17-12-19(14-27)4-7-21(17)29-15-22(28)26-10-8-23(16-25,9-11-26)13-18-2-5-20(24)6-3-18;22-18-6-5-17(11-19(18)26(28)29)30-13-20(27)25-9-7-21(14-24,8-10-25)12-15-1-3-16(23)4-2-15/h2-7,12,14H,8-11,13,15H2,1H3;1-6,11H,7-10,12-13H2. The van der Waals surface area contributed by atoms with Crippen LogP contribution in [0.2, 0.25) is 5.02 Å². The van der Waals surface area contributed by atoms with E-state index in [4.69, 9.17) is 21.1 Å². The molecule has 0 saturated carbocycles. The van der Waals surface area contributed by atoms with Crippen molar-refractivity contribution in [3.8, 4) is 23.6 Å². The van der Waals surface area contributed by atoms with E-state index >= 15 is 0 Å². The molecule has 0 aromatic heterocycles. The number of nitrogens with zero attached hydrogens (tertiary/aromatic N) is 5. The summed E-state index contributed by atoms with van der Waals surface area (Å²) in [7, 11) is 0. The topological polar surface area (TPSA) is 167 Å². The van der Waals surface area contributed by atoms with Crippen molar-refractivity contribution < 1.29 is 37.6 Å². The van der Waals surface area contributed by atoms with E-state index in [1.165, 1.54) is 42.5 Å². The Morgan fingerprint density at radius 2 is 1.25 bits per heavy atom. The second-order valence-corrected chi connectivity index (χ2v) is 15.1. The number of amides is 2. The van der Waals surface area contributed by atoms with Crippen LogP contribution >= 0.6 is 11.6 Å². The zero-order chi connectivity index (χ0) is 42.6. The first-order valence-corrected chi connectivity index (χ1v) is 19.3. The van der Waals surface area contributed by atoms with Crippen molar-refractivity contribution in [2.24, 2.45) is 10.8 Å². The van der Waals surface area contributed by atoms with Gasteiger partial charge in [-0.2, -0.15) is 10.5 Å². The Kier molecular flexibility index (Phi) is 14.7. The van der Waals surface area contributed by atoms with Crippen LogP contribution in [-0.2, 0) is 22.4 Å². The van der Waals surface area contributed by atoms with Gasteiger partial charge in [0.05, 0.1) is 34.0 Å². The molecule has 2 aliphatic rings. The van der Waals surface area contributed by atoms with Gasteiger partial charge in [0, 0.05) is 31.7 Å². The second-order valence-electron chi connectivity index (χ2n) is 14.7. The maximum Gasteiger partial charge on any atom is 0.291 e. The minimum absolute atomic E-state index is 0.0105. The summed E-state index contributed by atoms with van der Waals surface area (Å²) in [6, 6.07) is 26.1. The molecule has 306 valence electrons. The second kappa shape index (κ2) is 19.9. The number of carbonyl (C=O) groups excluding carboxylic acids is 3. The molecule has 0 bridgehead atoms. The van der Waals surface area contributed by atoms with Crippen LogP contribution < -0.4 is 9.47 Å². The molecule has 0 unspecified atom stereocenters. The highest BCUT2D eigenvalue weighted by Gasteiger charge is 2.37. The smallest absolute Gasteiger partial charge is 0.291 e. The molecule has 0 radical (unpaired) electrons. The molecule has 2 saturated heterocycles. The molecular formula is C44H42ClF2N5O7. The number of hydrogen-bond acceptors (Lipinski definition) is 9. The van der Waals surface area contributed by atoms with Gasteiger partial charge in [0.2, 0.25) is 0 Å². The lowest BCUT2D eigenvalue weighted by Crippen LogP contribution is -2.45. The van der Waals surface area contributed by atoms with Gasteiger partial charge >= 0.3 is 0 Å². The van der Waals surface area contributed by atoms with Gasteiger partial charge < -0.3 is 19.3 Å². The van der Waals surface area contributed by atoms with Crippen molar-refractivity contribution in [3.63, 3.8) is 0 Å². The third-order valence-electron chi connectivity index (χ3n) is 10.7. The Balaban J connectivity index is 0.000000224. The first-order valence-electron chi connectivity index (χ1n) is 18.9. The molecular weight excluding hydrogens is 784 g/mol. The summed E-state index contributed by atoms with van der Waals surface area (Å²) in [5, 5.41) is 30.4. The third kappa shape index (κ3) is 11.8. The lowest BCUT2D eigenvalue weighted by atomic mass is 9.75. The van der Waals surface area contributed by atoms with Crippen molar-refractivity contribution in [2.75, 3.05) is 39.4 Å². The number of aryl methyl sites for hydroxylation is 1. The van der Waals surface area contributed by atoms with Crippen LogP contribution in [-0.4, -0.2) is 72.2 Å². The van der Waals surface area contributed by atoms with Crippen LogP contribution in [0, 0.1) is 62.2 Å². The summed E-state index contributed by atoms with van der Waals surface area (Å²) in [6.07, 6.45) is 3.95. The van der Waals surface area contributed by atoms with E-state index in [9.17, 15) is 43.8 Å². The summed E-state index contributed by atoms with van der Waals surface area (Å²) < 4.78 is 37.2. The van der Waals surface area contributed by atoms with E-state index in [-0.39, 0.29) is 53.1 Å². The number of piperidine rings is 2. The molecule has 6 rings (SSSR count). The van der Waals surface area contributed by atoms with Gasteiger partial charge in [-0.25, -0.2) is 8.78 Å². The van der Waals surface area contributed by atoms with Crippen molar-refractivity contribution in [1.82, 2.24) is 9.80 Å². The first kappa shape index (κ1) is 43.7. The SMILES string of the molecule is Cc1cc(C=O)ccc1OCC(=O)N1CCC(C#N)(Cc2ccc(F)cc2)CC1.N#CC1(Cc2ccc(F)cc2)CCN(C(=O)COc2ccc(Cl)c([N+](=O)[O-])c2)CC1. The fraction of sp³-hybridized carbons (Fsp3) is 0.341. The molecule has 4 aromatic rings. The Bertz CT molecular complexity index is 2230. The largest absolute Gasteiger partial charge is 0.484 e. The number of nitro groups is 1. The quantitative estimate of drug-likeness (QED) is 0.0786. The normalized spacial score (nSPS) is 15.4. The summed E-state index contributed by atoms with van der Waals surface area (Å²) in [6.45, 7) is 3.25. The van der Waals surface area contributed by atoms with E-state index < -0.39 is 15.8 Å². The molecule has 12 nitrogen and oxygen atoms in total. The predicted octanol–water partition coefficient (Wildman–Crippen LogP) is 7.84. The van der Waals surface area contributed by atoms with Crippen LogP contribution in [0.25, 0.3) is 0 Å². The Morgan fingerprint density at radius 1 is 0.780 bits per heavy atom. The van der Waals surface area contributed by atoms with Crippen LogP contribution in [0.4, 0.5) is 14.5 Å². The number of ether oxygens (including phenoxy) is 2. The highest BCUT2D eigenvalue weighted by atomic mass is 35.5. The minimum atomic E-state index is -0.621. The van der Waals surface area contributed by atoms with Gasteiger partial charge in [-0.05, 0) is 117 Å². The average molecular weight is 826 g/mol. The zero-order valence-corrected chi connectivity index (χ0v) is 33.1. The molecule has 2 heterocycles. The van der Waals surface area contributed by atoms with Gasteiger partial charge in [0.15, 0.2) is 13.2 Å². The maximum absolute atomic E-state index is 13.1.